The molecule has 0 amide bonds. The van der Waals surface area contributed by atoms with Crippen molar-refractivity contribution in [1.82, 2.24) is 4.90 Å². The van der Waals surface area contributed by atoms with Crippen LogP contribution in [0, 0.1) is 0 Å². The fraction of sp³-hybridized carbons (Fsp3) is 0.842. The zero-order valence-electron chi connectivity index (χ0n) is 15.2. The van der Waals surface area contributed by atoms with Gasteiger partial charge in [-0.25, -0.2) is 4.79 Å². The number of unbranched alkanes of at least 4 members (excludes halogenated alkanes) is 6. The molecule has 3 heteroatoms. The van der Waals surface area contributed by atoms with E-state index in [0.29, 0.717) is 12.2 Å². The van der Waals surface area contributed by atoms with Gasteiger partial charge in [0.1, 0.15) is 0 Å². The Morgan fingerprint density at radius 3 is 1.82 bits per heavy atom. The number of rotatable bonds is 15. The van der Waals surface area contributed by atoms with E-state index in [9.17, 15) is 4.79 Å². The maximum atomic E-state index is 11.3. The summed E-state index contributed by atoms with van der Waals surface area (Å²) >= 11 is 0. The lowest BCUT2D eigenvalue weighted by atomic mass is 10.1. The Morgan fingerprint density at radius 1 is 0.864 bits per heavy atom. The van der Waals surface area contributed by atoms with E-state index < -0.39 is 0 Å². The van der Waals surface area contributed by atoms with E-state index in [4.69, 9.17) is 4.74 Å². The van der Waals surface area contributed by atoms with Crippen molar-refractivity contribution in [2.24, 2.45) is 0 Å². The molecule has 22 heavy (non-hydrogen) atoms. The molecule has 0 unspecified atom stereocenters. The van der Waals surface area contributed by atoms with Crippen LogP contribution in [-0.2, 0) is 9.53 Å². The number of hydrogen-bond acceptors (Lipinski definition) is 3. The van der Waals surface area contributed by atoms with E-state index in [0.717, 1.165) is 13.0 Å². The average molecular weight is 312 g/mol. The Bertz CT molecular complexity index is 277. The van der Waals surface area contributed by atoms with Crippen molar-refractivity contribution in [3.05, 3.63) is 12.2 Å². The molecule has 0 saturated carbocycles. The standard InChI is InChI=1S/C19H37NO2/c1-5-7-9-11-14-20(15-12-10-8-6-2)16-13-17-22-19(21)18(3)4/h3,5-17H2,1-2,4H3. The molecule has 0 heterocycles. The normalized spacial score (nSPS) is 10.9. The summed E-state index contributed by atoms with van der Waals surface area (Å²) in [5, 5.41) is 0. The van der Waals surface area contributed by atoms with E-state index in [2.05, 4.69) is 25.3 Å². The number of hydrogen-bond donors (Lipinski definition) is 0. The summed E-state index contributed by atoms with van der Waals surface area (Å²) in [5.74, 6) is -0.266. The summed E-state index contributed by atoms with van der Waals surface area (Å²) in [6, 6.07) is 0. The number of carbonyl (C=O) groups is 1. The van der Waals surface area contributed by atoms with Gasteiger partial charge in [0.25, 0.3) is 0 Å². The Kier molecular flexibility index (Phi) is 14.5. The SMILES string of the molecule is C=C(C)C(=O)OCCCN(CCCCCC)CCCCCC. The van der Waals surface area contributed by atoms with Gasteiger partial charge in [0.05, 0.1) is 6.61 Å². The van der Waals surface area contributed by atoms with Crippen LogP contribution in [0.3, 0.4) is 0 Å². The zero-order valence-corrected chi connectivity index (χ0v) is 15.2. The van der Waals surface area contributed by atoms with Crippen LogP contribution in [0.25, 0.3) is 0 Å². The zero-order chi connectivity index (χ0) is 16.6. The molecule has 0 aromatic heterocycles. The van der Waals surface area contributed by atoms with Gasteiger partial charge in [-0.3, -0.25) is 0 Å². The second-order valence-electron chi connectivity index (χ2n) is 6.23. The van der Waals surface area contributed by atoms with E-state index in [1.165, 1.54) is 64.5 Å². The highest BCUT2D eigenvalue weighted by molar-refractivity contribution is 5.86. The third kappa shape index (κ3) is 12.9. The first kappa shape index (κ1) is 21.2. The maximum Gasteiger partial charge on any atom is 0.333 e. The van der Waals surface area contributed by atoms with Gasteiger partial charge in [-0.2, -0.15) is 0 Å². The largest absolute Gasteiger partial charge is 0.462 e. The Balaban J connectivity index is 3.88. The highest BCUT2D eigenvalue weighted by Crippen LogP contribution is 2.06. The smallest absolute Gasteiger partial charge is 0.333 e. The van der Waals surface area contributed by atoms with Crippen molar-refractivity contribution in [3.63, 3.8) is 0 Å². The van der Waals surface area contributed by atoms with Crippen LogP contribution in [0.15, 0.2) is 12.2 Å². The highest BCUT2D eigenvalue weighted by atomic mass is 16.5. The van der Waals surface area contributed by atoms with Crippen LogP contribution < -0.4 is 0 Å². The molecule has 0 bridgehead atoms. The monoisotopic (exact) mass is 311 g/mol. The lowest BCUT2D eigenvalue weighted by molar-refractivity contribution is -0.139. The van der Waals surface area contributed by atoms with Gasteiger partial charge in [-0.15, -0.1) is 0 Å². The van der Waals surface area contributed by atoms with Crippen molar-refractivity contribution < 1.29 is 9.53 Å². The molecule has 0 saturated heterocycles. The first-order chi connectivity index (χ1) is 10.6. The van der Waals surface area contributed by atoms with Gasteiger partial charge in [0, 0.05) is 12.1 Å². The first-order valence-corrected chi connectivity index (χ1v) is 9.16. The predicted octanol–water partition coefficient (Wildman–Crippen LogP) is 4.96. The molecule has 0 radical (unpaired) electrons. The van der Waals surface area contributed by atoms with Crippen molar-refractivity contribution in [3.8, 4) is 0 Å². The average Bonchev–Trinajstić information content (AvgIpc) is 2.50. The van der Waals surface area contributed by atoms with Crippen molar-refractivity contribution >= 4 is 5.97 Å². The van der Waals surface area contributed by atoms with Crippen molar-refractivity contribution in [1.29, 1.82) is 0 Å². The molecule has 0 fully saturated rings. The van der Waals surface area contributed by atoms with Crippen LogP contribution in [0.1, 0.15) is 78.6 Å². The molecule has 0 aromatic rings. The molecular formula is C19H37NO2. The first-order valence-electron chi connectivity index (χ1n) is 9.16. The summed E-state index contributed by atoms with van der Waals surface area (Å²) in [4.78, 5) is 13.9. The van der Waals surface area contributed by atoms with Crippen molar-refractivity contribution in [2.45, 2.75) is 78.6 Å². The van der Waals surface area contributed by atoms with Gasteiger partial charge in [0.2, 0.25) is 0 Å². The van der Waals surface area contributed by atoms with Crippen LogP contribution >= 0.6 is 0 Å². The minimum absolute atomic E-state index is 0.266. The summed E-state index contributed by atoms with van der Waals surface area (Å²) < 4.78 is 5.17. The molecule has 3 nitrogen and oxygen atoms in total. The molecule has 0 aliphatic rings. The molecule has 0 spiro atoms. The second-order valence-corrected chi connectivity index (χ2v) is 6.23. The van der Waals surface area contributed by atoms with Gasteiger partial charge < -0.3 is 9.64 Å². The van der Waals surface area contributed by atoms with Crippen LogP contribution in [-0.4, -0.2) is 37.1 Å². The lowest BCUT2D eigenvalue weighted by Gasteiger charge is -2.22. The Hall–Kier alpha value is -0.830. The number of carbonyl (C=O) groups excluding carboxylic acids is 1. The fourth-order valence-corrected chi connectivity index (χ4v) is 2.44. The molecule has 0 N–H and O–H groups in total. The summed E-state index contributed by atoms with van der Waals surface area (Å²) in [6.07, 6.45) is 11.4. The van der Waals surface area contributed by atoms with E-state index in [1.54, 1.807) is 6.92 Å². The summed E-state index contributed by atoms with van der Waals surface area (Å²) in [7, 11) is 0. The minimum atomic E-state index is -0.266. The van der Waals surface area contributed by atoms with Crippen LogP contribution in [0.2, 0.25) is 0 Å². The van der Waals surface area contributed by atoms with Crippen LogP contribution in [0.4, 0.5) is 0 Å². The molecule has 0 atom stereocenters. The minimum Gasteiger partial charge on any atom is -0.462 e. The summed E-state index contributed by atoms with van der Waals surface area (Å²) in [6.45, 7) is 13.7. The molecular weight excluding hydrogens is 274 g/mol. The van der Waals surface area contributed by atoms with E-state index in [-0.39, 0.29) is 5.97 Å². The summed E-state index contributed by atoms with van der Waals surface area (Å²) in [5.41, 5.74) is 0.482. The number of nitrogens with zero attached hydrogens (tertiary/aromatic N) is 1. The lowest BCUT2D eigenvalue weighted by Crippen LogP contribution is -2.28. The van der Waals surface area contributed by atoms with E-state index >= 15 is 0 Å². The fourth-order valence-electron chi connectivity index (χ4n) is 2.44. The van der Waals surface area contributed by atoms with Gasteiger partial charge >= 0.3 is 5.97 Å². The Labute approximate surface area is 138 Å². The van der Waals surface area contributed by atoms with Gasteiger partial charge in [-0.05, 0) is 39.3 Å². The third-order valence-electron chi connectivity index (χ3n) is 3.86. The highest BCUT2D eigenvalue weighted by Gasteiger charge is 2.06. The van der Waals surface area contributed by atoms with Crippen molar-refractivity contribution in [2.75, 3.05) is 26.2 Å². The van der Waals surface area contributed by atoms with Crippen LogP contribution in [0.5, 0.6) is 0 Å². The topological polar surface area (TPSA) is 29.5 Å². The molecule has 0 aliphatic heterocycles. The number of esters is 1. The molecule has 0 rings (SSSR count). The number of ether oxygens (including phenoxy) is 1. The quantitative estimate of drug-likeness (QED) is 0.243. The maximum absolute atomic E-state index is 11.3. The Morgan fingerprint density at radius 2 is 1.36 bits per heavy atom. The molecule has 130 valence electrons. The molecule has 0 aromatic carbocycles. The van der Waals surface area contributed by atoms with Gasteiger partial charge in [0.15, 0.2) is 0 Å². The molecule has 0 aliphatic carbocycles. The van der Waals surface area contributed by atoms with E-state index in [1.807, 2.05) is 0 Å². The third-order valence-corrected chi connectivity index (χ3v) is 3.86. The second kappa shape index (κ2) is 15.1. The van der Waals surface area contributed by atoms with Gasteiger partial charge in [-0.1, -0.05) is 59.0 Å². The predicted molar refractivity (Wildman–Crippen MR) is 95.1 cm³/mol.